The molecule has 0 aromatic carbocycles. The Labute approximate surface area is 73.3 Å². The van der Waals surface area contributed by atoms with Gasteiger partial charge in [-0.3, -0.25) is 0 Å². The molecule has 0 aliphatic carbocycles. The minimum Gasteiger partial charge on any atom is -0.103 e. The van der Waals surface area contributed by atoms with E-state index in [1.165, 1.54) is 0 Å². The first-order valence-electron chi connectivity index (χ1n) is 2.74. The van der Waals surface area contributed by atoms with Gasteiger partial charge >= 0.3 is 0 Å². The topological polar surface area (TPSA) is 0 Å². The molecular formula is C7H10Br2. The van der Waals surface area contributed by atoms with Crippen LogP contribution in [0.15, 0.2) is 25.3 Å². The number of alkyl halides is 2. The zero-order chi connectivity index (χ0) is 7.28. The number of hydrogen-bond donors (Lipinski definition) is 0. The molecule has 0 nitrogen and oxygen atoms in total. The molecule has 0 aliphatic rings. The fourth-order valence-electron chi connectivity index (χ4n) is 0.437. The highest BCUT2D eigenvalue weighted by Crippen LogP contribution is 2.18. The molecule has 0 N–H and O–H groups in total. The van der Waals surface area contributed by atoms with Gasteiger partial charge < -0.3 is 0 Å². The van der Waals surface area contributed by atoms with Crippen LogP contribution in [0.3, 0.4) is 0 Å². The van der Waals surface area contributed by atoms with Gasteiger partial charge in [0.05, 0.1) is 0 Å². The van der Waals surface area contributed by atoms with Gasteiger partial charge in [0.25, 0.3) is 0 Å². The summed E-state index contributed by atoms with van der Waals surface area (Å²) >= 11 is 6.90. The zero-order valence-electron chi connectivity index (χ0n) is 5.19. The van der Waals surface area contributed by atoms with Crippen LogP contribution < -0.4 is 0 Å². The van der Waals surface area contributed by atoms with Crippen LogP contribution >= 0.6 is 31.9 Å². The highest BCUT2D eigenvalue weighted by Gasteiger charge is 2.08. The second kappa shape index (κ2) is 5.24. The molecule has 0 spiro atoms. The Morgan fingerprint density at radius 1 is 1.33 bits per heavy atom. The highest BCUT2D eigenvalue weighted by atomic mass is 79.9. The van der Waals surface area contributed by atoms with Crippen molar-refractivity contribution in [2.45, 2.75) is 16.1 Å². The van der Waals surface area contributed by atoms with Gasteiger partial charge in [-0.2, -0.15) is 0 Å². The van der Waals surface area contributed by atoms with E-state index in [2.05, 4.69) is 45.0 Å². The van der Waals surface area contributed by atoms with Crippen LogP contribution in [0.4, 0.5) is 0 Å². The lowest BCUT2D eigenvalue weighted by Gasteiger charge is -2.08. The van der Waals surface area contributed by atoms with Crippen molar-refractivity contribution in [1.29, 1.82) is 0 Å². The summed E-state index contributed by atoms with van der Waals surface area (Å²) in [5.41, 5.74) is 0. The molecule has 0 aromatic rings. The number of halogens is 2. The normalized spacial score (nSPS) is 16.2. The summed E-state index contributed by atoms with van der Waals surface area (Å²) in [7, 11) is 0. The van der Waals surface area contributed by atoms with Crippen LogP contribution in [0.1, 0.15) is 6.42 Å². The maximum atomic E-state index is 3.65. The summed E-state index contributed by atoms with van der Waals surface area (Å²) in [4.78, 5) is 0.767. The molecule has 0 saturated carbocycles. The molecule has 2 unspecified atom stereocenters. The Bertz CT molecular complexity index is 99.1. The molecule has 52 valence electrons. The van der Waals surface area contributed by atoms with Crippen LogP contribution in [0.25, 0.3) is 0 Å². The van der Waals surface area contributed by atoms with Gasteiger partial charge in [0, 0.05) is 9.65 Å². The van der Waals surface area contributed by atoms with Crippen LogP contribution in [-0.4, -0.2) is 9.65 Å². The van der Waals surface area contributed by atoms with E-state index in [1.807, 2.05) is 12.2 Å². The van der Waals surface area contributed by atoms with E-state index in [0.717, 1.165) is 6.42 Å². The molecule has 0 rings (SSSR count). The van der Waals surface area contributed by atoms with E-state index in [0.29, 0.717) is 9.65 Å². The first-order valence-corrected chi connectivity index (χ1v) is 4.57. The largest absolute Gasteiger partial charge is 0.103 e. The van der Waals surface area contributed by atoms with E-state index >= 15 is 0 Å². The molecule has 0 heterocycles. The van der Waals surface area contributed by atoms with Crippen LogP contribution in [0.5, 0.6) is 0 Å². The fraction of sp³-hybridized carbons (Fsp3) is 0.429. The van der Waals surface area contributed by atoms with Crippen molar-refractivity contribution in [2.75, 3.05) is 0 Å². The fourth-order valence-corrected chi connectivity index (χ4v) is 1.13. The van der Waals surface area contributed by atoms with Crippen LogP contribution in [-0.2, 0) is 0 Å². The summed E-state index contributed by atoms with van der Waals surface area (Å²) < 4.78 is 0. The van der Waals surface area contributed by atoms with Gasteiger partial charge in [0.2, 0.25) is 0 Å². The number of allylic oxidation sites excluding steroid dienone is 2. The van der Waals surface area contributed by atoms with Gasteiger partial charge in [-0.05, 0) is 6.42 Å². The predicted octanol–water partition coefficient (Wildman–Crippen LogP) is 3.28. The van der Waals surface area contributed by atoms with E-state index < -0.39 is 0 Å². The Balaban J connectivity index is 3.56. The third-order valence-electron chi connectivity index (χ3n) is 0.963. The lowest BCUT2D eigenvalue weighted by atomic mass is 10.2. The summed E-state index contributed by atoms with van der Waals surface area (Å²) in [5, 5.41) is 0. The van der Waals surface area contributed by atoms with E-state index in [-0.39, 0.29) is 0 Å². The first kappa shape index (κ1) is 9.44. The minimum atomic E-state index is 0.343. The van der Waals surface area contributed by atoms with Crippen LogP contribution in [0.2, 0.25) is 0 Å². The van der Waals surface area contributed by atoms with Crippen LogP contribution in [0, 0.1) is 0 Å². The molecule has 2 atom stereocenters. The Kier molecular flexibility index (Phi) is 5.50. The van der Waals surface area contributed by atoms with Gasteiger partial charge in [0.1, 0.15) is 0 Å². The van der Waals surface area contributed by atoms with Crippen molar-refractivity contribution < 1.29 is 0 Å². The van der Waals surface area contributed by atoms with Gasteiger partial charge in [-0.15, -0.1) is 13.2 Å². The molecule has 0 aliphatic heterocycles. The summed E-state index contributed by atoms with van der Waals surface area (Å²) in [6.45, 7) is 7.28. The Morgan fingerprint density at radius 2 is 1.89 bits per heavy atom. The van der Waals surface area contributed by atoms with Crippen molar-refractivity contribution in [3.05, 3.63) is 25.3 Å². The summed E-state index contributed by atoms with van der Waals surface area (Å²) in [6.07, 6.45) is 4.71. The predicted molar refractivity (Wildman–Crippen MR) is 50.4 cm³/mol. The lowest BCUT2D eigenvalue weighted by molar-refractivity contribution is 0.936. The Morgan fingerprint density at radius 3 is 2.22 bits per heavy atom. The molecular weight excluding hydrogens is 244 g/mol. The quantitative estimate of drug-likeness (QED) is 0.533. The molecule has 0 fully saturated rings. The van der Waals surface area contributed by atoms with E-state index in [4.69, 9.17) is 0 Å². The molecule has 0 saturated heterocycles. The van der Waals surface area contributed by atoms with Crippen molar-refractivity contribution in [3.63, 3.8) is 0 Å². The summed E-state index contributed by atoms with van der Waals surface area (Å²) in [5.74, 6) is 0. The molecule has 0 aromatic heterocycles. The molecule has 0 bridgehead atoms. The average molecular weight is 254 g/mol. The maximum absolute atomic E-state index is 3.65. The third kappa shape index (κ3) is 3.93. The SMILES string of the molecule is C=CCC(Br)C(Br)C=C. The lowest BCUT2D eigenvalue weighted by Crippen LogP contribution is -2.08. The molecule has 0 amide bonds. The first-order chi connectivity index (χ1) is 4.22. The van der Waals surface area contributed by atoms with Crippen molar-refractivity contribution in [3.8, 4) is 0 Å². The maximum Gasteiger partial charge on any atom is 0.0451 e. The smallest absolute Gasteiger partial charge is 0.0451 e. The third-order valence-corrected chi connectivity index (χ3v) is 3.63. The van der Waals surface area contributed by atoms with Gasteiger partial charge in [-0.1, -0.05) is 44.0 Å². The van der Waals surface area contributed by atoms with Gasteiger partial charge in [0.15, 0.2) is 0 Å². The monoisotopic (exact) mass is 252 g/mol. The van der Waals surface area contributed by atoms with Crippen molar-refractivity contribution in [2.24, 2.45) is 0 Å². The van der Waals surface area contributed by atoms with E-state index in [1.54, 1.807) is 0 Å². The number of rotatable bonds is 4. The second-order valence-electron chi connectivity index (χ2n) is 1.72. The molecule has 0 radical (unpaired) electrons. The van der Waals surface area contributed by atoms with E-state index in [9.17, 15) is 0 Å². The van der Waals surface area contributed by atoms with Crippen molar-refractivity contribution in [1.82, 2.24) is 0 Å². The standard InChI is InChI=1S/C7H10Br2/c1-3-5-7(9)6(8)4-2/h3-4,6-7H,1-2,5H2. The second-order valence-corrected chi connectivity index (χ2v) is 3.95. The average Bonchev–Trinajstić information content (AvgIpc) is 1.87. The van der Waals surface area contributed by atoms with Crippen molar-refractivity contribution >= 4 is 31.9 Å². The zero-order valence-corrected chi connectivity index (χ0v) is 8.36. The van der Waals surface area contributed by atoms with Gasteiger partial charge in [-0.25, -0.2) is 0 Å². The summed E-state index contributed by atoms with van der Waals surface area (Å²) in [6, 6.07) is 0. The molecule has 2 heteroatoms. The minimum absolute atomic E-state index is 0.343. The number of hydrogen-bond acceptors (Lipinski definition) is 0. The molecule has 9 heavy (non-hydrogen) atoms. The highest BCUT2D eigenvalue weighted by molar-refractivity contribution is 9.12. The Hall–Kier alpha value is 0.440.